The van der Waals surface area contributed by atoms with E-state index in [9.17, 15) is 4.79 Å². The van der Waals surface area contributed by atoms with E-state index in [-0.39, 0.29) is 11.7 Å². The van der Waals surface area contributed by atoms with Crippen LogP contribution in [0.3, 0.4) is 0 Å². The molecule has 10 heteroatoms. The third-order valence-corrected chi connectivity index (χ3v) is 5.50. The molecule has 2 heterocycles. The van der Waals surface area contributed by atoms with Crippen LogP contribution < -0.4 is 19.5 Å². The smallest absolute Gasteiger partial charge is 0.230 e. The van der Waals surface area contributed by atoms with Crippen molar-refractivity contribution in [2.24, 2.45) is 7.05 Å². The van der Waals surface area contributed by atoms with Gasteiger partial charge in [-0.3, -0.25) is 4.79 Å². The first-order chi connectivity index (χ1) is 14.5. The first kappa shape index (κ1) is 21.6. The summed E-state index contributed by atoms with van der Waals surface area (Å²) in [6, 6.07) is 5.45. The molecule has 0 aliphatic carbocycles. The van der Waals surface area contributed by atoms with E-state index in [2.05, 4.69) is 15.5 Å². The van der Waals surface area contributed by atoms with Gasteiger partial charge in [0.25, 0.3) is 0 Å². The number of aromatic nitrogens is 3. The molecular weight excluding hydrogens is 408 g/mol. The monoisotopic (exact) mass is 432 g/mol. The lowest BCUT2D eigenvalue weighted by molar-refractivity contribution is -0.118. The standard InChI is InChI=1S/C20H24N4O5S/c1-12-14(6-7-29-12)19-22-23-20(24(19)2)30-11-17(25)21-10-13-8-15(26-3)18(28-5)16(9-13)27-4/h6-9H,10-11H2,1-5H3,(H,21,25). The van der Waals surface area contributed by atoms with E-state index in [1.807, 2.05) is 24.6 Å². The van der Waals surface area contributed by atoms with E-state index in [1.54, 1.807) is 39.7 Å². The van der Waals surface area contributed by atoms with Gasteiger partial charge >= 0.3 is 0 Å². The Labute approximate surface area is 178 Å². The fraction of sp³-hybridized carbons (Fsp3) is 0.350. The summed E-state index contributed by atoms with van der Waals surface area (Å²) in [5, 5.41) is 11.9. The molecule has 0 bridgehead atoms. The molecule has 0 radical (unpaired) electrons. The predicted octanol–water partition coefficient (Wildman–Crippen LogP) is 2.82. The molecule has 0 fully saturated rings. The topological polar surface area (TPSA) is 101 Å². The number of nitrogens with one attached hydrogen (secondary N) is 1. The van der Waals surface area contributed by atoms with Gasteiger partial charge in [0.1, 0.15) is 5.76 Å². The highest BCUT2D eigenvalue weighted by molar-refractivity contribution is 7.99. The van der Waals surface area contributed by atoms with Gasteiger partial charge in [-0.1, -0.05) is 11.8 Å². The normalized spacial score (nSPS) is 10.7. The second-order valence-electron chi connectivity index (χ2n) is 6.35. The Bertz CT molecular complexity index is 1010. The molecule has 0 saturated carbocycles. The highest BCUT2D eigenvalue weighted by atomic mass is 32.2. The van der Waals surface area contributed by atoms with Gasteiger partial charge in [0.05, 0.1) is 38.9 Å². The predicted molar refractivity (Wildman–Crippen MR) is 112 cm³/mol. The van der Waals surface area contributed by atoms with Gasteiger partial charge < -0.3 is 28.5 Å². The summed E-state index contributed by atoms with van der Waals surface area (Å²) in [7, 11) is 6.51. The van der Waals surface area contributed by atoms with Crippen molar-refractivity contribution < 1.29 is 23.4 Å². The van der Waals surface area contributed by atoms with Crippen LogP contribution in [0.4, 0.5) is 0 Å². The van der Waals surface area contributed by atoms with Gasteiger partial charge in [-0.05, 0) is 30.7 Å². The van der Waals surface area contributed by atoms with Gasteiger partial charge in [-0.2, -0.15) is 0 Å². The number of amides is 1. The van der Waals surface area contributed by atoms with E-state index in [0.717, 1.165) is 16.9 Å². The summed E-state index contributed by atoms with van der Waals surface area (Å²) < 4.78 is 23.2. The Morgan fingerprint density at radius 3 is 2.43 bits per heavy atom. The number of carbonyl (C=O) groups excluding carboxylic acids is 1. The van der Waals surface area contributed by atoms with Crippen molar-refractivity contribution in [2.45, 2.75) is 18.6 Å². The Morgan fingerprint density at radius 1 is 1.17 bits per heavy atom. The minimum Gasteiger partial charge on any atom is -0.493 e. The maximum absolute atomic E-state index is 12.3. The number of carbonyl (C=O) groups is 1. The third kappa shape index (κ3) is 4.54. The van der Waals surface area contributed by atoms with Crippen LogP contribution in [0.25, 0.3) is 11.4 Å². The van der Waals surface area contributed by atoms with E-state index in [4.69, 9.17) is 18.6 Å². The molecule has 9 nitrogen and oxygen atoms in total. The Kier molecular flexibility index (Phi) is 6.88. The van der Waals surface area contributed by atoms with Crippen molar-refractivity contribution in [1.29, 1.82) is 0 Å². The van der Waals surface area contributed by atoms with Crippen molar-refractivity contribution in [3.05, 3.63) is 35.8 Å². The summed E-state index contributed by atoms with van der Waals surface area (Å²) in [4.78, 5) is 12.3. The van der Waals surface area contributed by atoms with E-state index in [0.29, 0.717) is 34.8 Å². The minimum absolute atomic E-state index is 0.127. The maximum Gasteiger partial charge on any atom is 0.230 e. The van der Waals surface area contributed by atoms with Crippen molar-refractivity contribution >= 4 is 17.7 Å². The van der Waals surface area contributed by atoms with Crippen molar-refractivity contribution in [1.82, 2.24) is 20.1 Å². The first-order valence-corrected chi connectivity index (χ1v) is 10.1. The zero-order chi connectivity index (χ0) is 21.7. The number of nitrogens with zero attached hydrogens (tertiary/aromatic N) is 3. The summed E-state index contributed by atoms with van der Waals surface area (Å²) in [6.45, 7) is 2.20. The molecular formula is C20H24N4O5S. The number of hydrogen-bond acceptors (Lipinski definition) is 8. The van der Waals surface area contributed by atoms with E-state index in [1.165, 1.54) is 11.8 Å². The fourth-order valence-corrected chi connectivity index (χ4v) is 3.65. The Morgan fingerprint density at radius 2 is 1.87 bits per heavy atom. The van der Waals surface area contributed by atoms with Crippen LogP contribution in [-0.2, 0) is 18.4 Å². The number of thioether (sulfide) groups is 1. The molecule has 0 aliphatic heterocycles. The SMILES string of the molecule is COc1cc(CNC(=O)CSc2nnc(-c3ccoc3C)n2C)cc(OC)c1OC. The Hall–Kier alpha value is -3.14. The van der Waals surface area contributed by atoms with Gasteiger partial charge in [0.2, 0.25) is 11.7 Å². The lowest BCUT2D eigenvalue weighted by Crippen LogP contribution is -2.24. The van der Waals surface area contributed by atoms with Gasteiger partial charge in [0, 0.05) is 13.6 Å². The lowest BCUT2D eigenvalue weighted by Gasteiger charge is -2.14. The van der Waals surface area contributed by atoms with Gasteiger partial charge in [-0.25, -0.2) is 0 Å². The van der Waals surface area contributed by atoms with Crippen LogP contribution in [0, 0.1) is 6.92 Å². The third-order valence-electron chi connectivity index (χ3n) is 4.48. The number of ether oxygens (including phenoxy) is 3. The summed E-state index contributed by atoms with van der Waals surface area (Å²) in [5.41, 5.74) is 1.71. The number of benzene rings is 1. The van der Waals surface area contributed by atoms with Crippen LogP contribution in [0.5, 0.6) is 17.2 Å². The average Bonchev–Trinajstić information content (AvgIpc) is 3.34. The molecule has 1 aromatic carbocycles. The highest BCUT2D eigenvalue weighted by Crippen LogP contribution is 2.38. The molecule has 3 aromatic rings. The second-order valence-corrected chi connectivity index (χ2v) is 7.30. The maximum atomic E-state index is 12.3. The quantitative estimate of drug-likeness (QED) is 0.515. The number of methoxy groups -OCH3 is 3. The van der Waals surface area contributed by atoms with Crippen molar-refractivity contribution in [3.63, 3.8) is 0 Å². The summed E-state index contributed by atoms with van der Waals surface area (Å²) in [5.74, 6) is 3.13. The van der Waals surface area contributed by atoms with E-state index < -0.39 is 0 Å². The van der Waals surface area contributed by atoms with Crippen LogP contribution in [0.1, 0.15) is 11.3 Å². The number of furan rings is 1. The highest BCUT2D eigenvalue weighted by Gasteiger charge is 2.16. The molecule has 0 spiro atoms. The van der Waals surface area contributed by atoms with Crippen LogP contribution >= 0.6 is 11.8 Å². The van der Waals surface area contributed by atoms with E-state index >= 15 is 0 Å². The molecule has 0 unspecified atom stereocenters. The Balaban J connectivity index is 1.60. The average molecular weight is 433 g/mol. The fourth-order valence-electron chi connectivity index (χ4n) is 2.91. The molecule has 1 N–H and O–H groups in total. The molecule has 0 saturated heterocycles. The van der Waals surface area contributed by atoms with Crippen LogP contribution in [-0.4, -0.2) is 47.8 Å². The zero-order valence-electron chi connectivity index (χ0n) is 17.5. The lowest BCUT2D eigenvalue weighted by atomic mass is 10.2. The number of aryl methyl sites for hydroxylation is 1. The first-order valence-electron chi connectivity index (χ1n) is 9.10. The molecule has 3 rings (SSSR count). The molecule has 1 amide bonds. The zero-order valence-corrected chi connectivity index (χ0v) is 18.3. The number of hydrogen-bond donors (Lipinski definition) is 1. The van der Waals surface area contributed by atoms with Gasteiger partial charge in [0.15, 0.2) is 22.5 Å². The van der Waals surface area contributed by atoms with Gasteiger partial charge in [-0.15, -0.1) is 10.2 Å². The largest absolute Gasteiger partial charge is 0.493 e. The molecule has 160 valence electrons. The molecule has 30 heavy (non-hydrogen) atoms. The van der Waals surface area contributed by atoms with Crippen molar-refractivity contribution in [2.75, 3.05) is 27.1 Å². The van der Waals surface area contributed by atoms with Crippen LogP contribution in [0.2, 0.25) is 0 Å². The molecule has 0 atom stereocenters. The second kappa shape index (κ2) is 9.57. The number of rotatable bonds is 9. The summed E-state index contributed by atoms with van der Waals surface area (Å²) in [6.07, 6.45) is 1.61. The summed E-state index contributed by atoms with van der Waals surface area (Å²) >= 11 is 1.31. The molecule has 2 aromatic heterocycles. The van der Waals surface area contributed by atoms with Crippen LogP contribution in [0.15, 0.2) is 34.0 Å². The van der Waals surface area contributed by atoms with Crippen molar-refractivity contribution in [3.8, 4) is 28.6 Å². The molecule has 0 aliphatic rings. The minimum atomic E-state index is -0.127.